The Kier molecular flexibility index (Phi) is 8.95. The molecule has 0 aromatic heterocycles. The van der Waals surface area contributed by atoms with Crippen molar-refractivity contribution < 1.29 is 23.1 Å². The fraction of sp³-hybridized carbons (Fsp3) is 0.909. The van der Waals surface area contributed by atoms with Gasteiger partial charge in [0, 0.05) is 19.6 Å². The van der Waals surface area contributed by atoms with E-state index in [0.29, 0.717) is 26.0 Å². The number of nitrogens with one attached hydrogen (secondary N) is 1. The molecule has 0 aromatic carbocycles. The predicted molar refractivity (Wildman–Crippen MR) is 68.9 cm³/mol. The highest BCUT2D eigenvalue weighted by Gasteiger charge is 2.11. The molecular weight excluding hydrogens is 258 g/mol. The van der Waals surface area contributed by atoms with Crippen LogP contribution in [0.5, 0.6) is 0 Å². The molecule has 6 nitrogen and oxygen atoms in total. The van der Waals surface area contributed by atoms with Crippen molar-refractivity contribution >= 4 is 16.0 Å². The first-order valence-corrected chi connectivity index (χ1v) is 7.79. The second kappa shape index (κ2) is 9.29. The summed E-state index contributed by atoms with van der Waals surface area (Å²) < 4.78 is 30.4. The maximum Gasteiger partial charge on any atom is 0.303 e. The van der Waals surface area contributed by atoms with E-state index in [4.69, 9.17) is 9.84 Å². The minimum absolute atomic E-state index is 0.0374. The van der Waals surface area contributed by atoms with Crippen molar-refractivity contribution in [2.24, 2.45) is 5.92 Å². The van der Waals surface area contributed by atoms with Gasteiger partial charge < -0.3 is 9.84 Å². The molecule has 0 aromatic rings. The molecule has 0 heterocycles. The lowest BCUT2D eigenvalue weighted by Crippen LogP contribution is -2.30. The Labute approximate surface area is 109 Å². The summed E-state index contributed by atoms with van der Waals surface area (Å²) in [6, 6.07) is 0. The zero-order valence-electron chi connectivity index (χ0n) is 11.0. The maximum absolute atomic E-state index is 11.5. The molecule has 0 fully saturated rings. The number of aliphatic carboxylic acids is 1. The highest BCUT2D eigenvalue weighted by molar-refractivity contribution is 7.89. The molecule has 0 saturated heterocycles. The molecule has 1 unspecified atom stereocenters. The summed E-state index contributed by atoms with van der Waals surface area (Å²) in [6.45, 7) is 4.76. The number of ether oxygens (including phenoxy) is 1. The zero-order chi connectivity index (χ0) is 14.0. The third-order valence-electron chi connectivity index (χ3n) is 2.51. The molecule has 0 aliphatic carbocycles. The minimum atomic E-state index is -3.27. The van der Waals surface area contributed by atoms with E-state index < -0.39 is 16.0 Å². The summed E-state index contributed by atoms with van der Waals surface area (Å²) >= 11 is 0. The van der Waals surface area contributed by atoms with E-state index in [9.17, 15) is 13.2 Å². The van der Waals surface area contributed by atoms with Crippen molar-refractivity contribution in [1.29, 1.82) is 0 Å². The summed E-state index contributed by atoms with van der Waals surface area (Å²) in [5.41, 5.74) is 0. The number of carboxylic acids is 1. The lowest BCUT2D eigenvalue weighted by molar-refractivity contribution is -0.137. The average Bonchev–Trinajstić information content (AvgIpc) is 2.26. The van der Waals surface area contributed by atoms with Gasteiger partial charge in [-0.05, 0) is 25.7 Å². The van der Waals surface area contributed by atoms with E-state index in [0.717, 1.165) is 0 Å². The summed E-state index contributed by atoms with van der Waals surface area (Å²) in [6.07, 6.45) is 1.33. The van der Waals surface area contributed by atoms with Crippen molar-refractivity contribution in [2.75, 3.05) is 25.5 Å². The molecule has 0 aliphatic rings. The monoisotopic (exact) mass is 281 g/mol. The van der Waals surface area contributed by atoms with Gasteiger partial charge in [-0.15, -0.1) is 0 Å². The first-order chi connectivity index (χ1) is 8.37. The number of carboxylic acid groups (broad SMARTS) is 1. The van der Waals surface area contributed by atoms with Gasteiger partial charge in [0.05, 0.1) is 12.4 Å². The minimum Gasteiger partial charge on any atom is -0.481 e. The number of hydrogen-bond donors (Lipinski definition) is 2. The fourth-order valence-corrected chi connectivity index (χ4v) is 2.27. The largest absolute Gasteiger partial charge is 0.481 e. The van der Waals surface area contributed by atoms with Crippen molar-refractivity contribution in [2.45, 2.75) is 33.1 Å². The first-order valence-electron chi connectivity index (χ1n) is 6.14. The van der Waals surface area contributed by atoms with E-state index in [1.165, 1.54) is 0 Å². The Bertz CT molecular complexity index is 328. The molecule has 0 amide bonds. The number of sulfonamides is 1. The molecule has 0 saturated carbocycles. The summed E-state index contributed by atoms with van der Waals surface area (Å²) in [5.74, 6) is -0.667. The van der Waals surface area contributed by atoms with E-state index in [1.807, 2.05) is 13.8 Å². The molecule has 0 aliphatic heterocycles. The molecule has 0 radical (unpaired) electrons. The SMILES string of the molecule is CCOCCS(=O)(=O)NCCC(C)CCC(=O)O. The highest BCUT2D eigenvalue weighted by atomic mass is 32.2. The van der Waals surface area contributed by atoms with E-state index in [2.05, 4.69) is 4.72 Å². The topological polar surface area (TPSA) is 92.7 Å². The van der Waals surface area contributed by atoms with E-state index in [-0.39, 0.29) is 24.7 Å². The molecular formula is C11H23NO5S. The van der Waals surface area contributed by atoms with E-state index in [1.54, 1.807) is 0 Å². The maximum atomic E-state index is 11.5. The van der Waals surface area contributed by atoms with Gasteiger partial charge in [-0.25, -0.2) is 13.1 Å². The molecule has 2 N–H and O–H groups in total. The Morgan fingerprint density at radius 3 is 2.61 bits per heavy atom. The molecule has 1 atom stereocenters. The summed E-state index contributed by atoms with van der Waals surface area (Å²) in [4.78, 5) is 10.4. The standard InChI is InChI=1S/C11H23NO5S/c1-3-17-8-9-18(15,16)12-7-6-10(2)4-5-11(13)14/h10,12H,3-9H2,1-2H3,(H,13,14). The van der Waals surface area contributed by atoms with Crippen LogP contribution in [-0.2, 0) is 19.6 Å². The Morgan fingerprint density at radius 2 is 2.06 bits per heavy atom. The van der Waals surface area contributed by atoms with Gasteiger partial charge in [0.25, 0.3) is 0 Å². The van der Waals surface area contributed by atoms with Gasteiger partial charge in [0.15, 0.2) is 0 Å². The molecule has 7 heteroatoms. The van der Waals surface area contributed by atoms with Gasteiger partial charge in [-0.2, -0.15) is 0 Å². The molecule has 0 spiro atoms. The third-order valence-corrected chi connectivity index (χ3v) is 3.86. The van der Waals surface area contributed by atoms with Gasteiger partial charge in [0.2, 0.25) is 10.0 Å². The smallest absolute Gasteiger partial charge is 0.303 e. The number of carbonyl (C=O) groups is 1. The molecule has 108 valence electrons. The quantitative estimate of drug-likeness (QED) is 0.547. The van der Waals surface area contributed by atoms with Gasteiger partial charge >= 0.3 is 5.97 Å². The highest BCUT2D eigenvalue weighted by Crippen LogP contribution is 2.09. The second-order valence-electron chi connectivity index (χ2n) is 4.24. The summed E-state index contributed by atoms with van der Waals surface area (Å²) in [5, 5.41) is 8.51. The lowest BCUT2D eigenvalue weighted by atomic mass is 10.0. The lowest BCUT2D eigenvalue weighted by Gasteiger charge is -2.11. The van der Waals surface area contributed by atoms with Crippen molar-refractivity contribution in [1.82, 2.24) is 4.72 Å². The van der Waals surface area contributed by atoms with Crippen LogP contribution >= 0.6 is 0 Å². The van der Waals surface area contributed by atoms with Crippen molar-refractivity contribution in [3.05, 3.63) is 0 Å². The summed E-state index contributed by atoms with van der Waals surface area (Å²) in [7, 11) is -3.27. The van der Waals surface area contributed by atoms with Crippen LogP contribution < -0.4 is 4.72 Å². The first kappa shape index (κ1) is 17.3. The molecule has 0 bridgehead atoms. The fourth-order valence-electron chi connectivity index (χ4n) is 1.36. The van der Waals surface area contributed by atoms with Gasteiger partial charge in [0.1, 0.15) is 0 Å². The van der Waals surface area contributed by atoms with Crippen LogP contribution in [0.25, 0.3) is 0 Å². The van der Waals surface area contributed by atoms with E-state index >= 15 is 0 Å². The van der Waals surface area contributed by atoms with Crippen LogP contribution in [0.4, 0.5) is 0 Å². The molecule has 18 heavy (non-hydrogen) atoms. The Morgan fingerprint density at radius 1 is 1.39 bits per heavy atom. The van der Waals surface area contributed by atoms with Crippen LogP contribution in [0.15, 0.2) is 0 Å². The molecule has 0 rings (SSSR count). The van der Waals surface area contributed by atoms with Crippen LogP contribution in [0, 0.1) is 5.92 Å². The van der Waals surface area contributed by atoms with Crippen molar-refractivity contribution in [3.63, 3.8) is 0 Å². The van der Waals surface area contributed by atoms with Crippen LogP contribution in [0.2, 0.25) is 0 Å². The Balaban J connectivity index is 3.71. The second-order valence-corrected chi connectivity index (χ2v) is 6.16. The Hall–Kier alpha value is -0.660. The van der Waals surface area contributed by atoms with Crippen LogP contribution in [0.3, 0.4) is 0 Å². The normalized spacial score (nSPS) is 13.4. The van der Waals surface area contributed by atoms with Gasteiger partial charge in [-0.3, -0.25) is 4.79 Å². The van der Waals surface area contributed by atoms with Gasteiger partial charge in [-0.1, -0.05) is 6.92 Å². The van der Waals surface area contributed by atoms with Crippen LogP contribution in [-0.4, -0.2) is 45.0 Å². The van der Waals surface area contributed by atoms with Crippen LogP contribution in [0.1, 0.15) is 33.1 Å². The average molecular weight is 281 g/mol. The third kappa shape index (κ3) is 10.5. The zero-order valence-corrected chi connectivity index (χ0v) is 11.8. The van der Waals surface area contributed by atoms with Crippen molar-refractivity contribution in [3.8, 4) is 0 Å². The number of hydrogen-bond acceptors (Lipinski definition) is 4. The predicted octanol–water partition coefficient (Wildman–Crippen LogP) is 0.833. The number of rotatable bonds is 11.